The van der Waals surface area contributed by atoms with Crippen LogP contribution in [-0.4, -0.2) is 72.3 Å². The molecule has 2 amide bonds. The number of rotatable bonds is 3. The highest BCUT2D eigenvalue weighted by Gasteiger charge is 2.23. The fourth-order valence-electron chi connectivity index (χ4n) is 2.86. The van der Waals surface area contributed by atoms with Gasteiger partial charge in [0.05, 0.1) is 6.54 Å². The third-order valence-electron chi connectivity index (χ3n) is 4.06. The van der Waals surface area contributed by atoms with Gasteiger partial charge in [0.1, 0.15) is 0 Å². The molecule has 2 rings (SSSR count). The predicted octanol–water partition coefficient (Wildman–Crippen LogP) is 0.553. The van der Waals surface area contributed by atoms with Crippen LogP contribution in [0.5, 0.6) is 0 Å². The van der Waals surface area contributed by atoms with Crippen molar-refractivity contribution in [1.29, 1.82) is 0 Å². The first-order valence-corrected chi connectivity index (χ1v) is 7.48. The largest absolute Gasteiger partial charge is 0.342 e. The summed E-state index contributed by atoms with van der Waals surface area (Å²) in [6.07, 6.45) is 3.83. The zero-order chi connectivity index (χ0) is 13.7. The van der Waals surface area contributed by atoms with Gasteiger partial charge in [-0.25, -0.2) is 0 Å². The van der Waals surface area contributed by atoms with Crippen molar-refractivity contribution in [2.45, 2.75) is 32.6 Å². The lowest BCUT2D eigenvalue weighted by atomic mass is 10.3. The zero-order valence-corrected chi connectivity index (χ0v) is 11.9. The first-order valence-electron chi connectivity index (χ1n) is 7.48. The van der Waals surface area contributed by atoms with E-state index in [1.807, 2.05) is 16.7 Å². The molecule has 0 aliphatic carbocycles. The summed E-state index contributed by atoms with van der Waals surface area (Å²) >= 11 is 0. The molecule has 2 fully saturated rings. The van der Waals surface area contributed by atoms with E-state index in [-0.39, 0.29) is 11.8 Å². The SMILES string of the molecule is CCC(=O)N1CCCN(CC(=O)N2CCCC2)CC1. The van der Waals surface area contributed by atoms with Crippen molar-refractivity contribution in [3.05, 3.63) is 0 Å². The van der Waals surface area contributed by atoms with E-state index >= 15 is 0 Å². The fraction of sp³-hybridized carbons (Fsp3) is 0.857. The molecular weight excluding hydrogens is 242 g/mol. The molecule has 0 aromatic heterocycles. The van der Waals surface area contributed by atoms with Crippen molar-refractivity contribution >= 4 is 11.8 Å². The number of likely N-dealkylation sites (tertiary alicyclic amines) is 1. The number of nitrogens with zero attached hydrogens (tertiary/aromatic N) is 3. The second-order valence-electron chi connectivity index (χ2n) is 5.45. The molecular formula is C14H25N3O2. The Kier molecular flexibility index (Phi) is 5.19. The Morgan fingerprint density at radius 2 is 1.42 bits per heavy atom. The van der Waals surface area contributed by atoms with Crippen molar-refractivity contribution in [2.24, 2.45) is 0 Å². The number of carbonyl (C=O) groups is 2. The van der Waals surface area contributed by atoms with Crippen LogP contribution in [0.4, 0.5) is 0 Å². The molecule has 108 valence electrons. The molecule has 0 atom stereocenters. The van der Waals surface area contributed by atoms with E-state index in [0.717, 1.165) is 58.5 Å². The third-order valence-corrected chi connectivity index (χ3v) is 4.06. The van der Waals surface area contributed by atoms with Crippen molar-refractivity contribution in [3.8, 4) is 0 Å². The molecule has 2 aliphatic rings. The van der Waals surface area contributed by atoms with Gasteiger partial charge in [0.2, 0.25) is 11.8 Å². The van der Waals surface area contributed by atoms with Gasteiger partial charge in [0.25, 0.3) is 0 Å². The molecule has 2 heterocycles. The molecule has 5 nitrogen and oxygen atoms in total. The Morgan fingerprint density at radius 1 is 0.789 bits per heavy atom. The van der Waals surface area contributed by atoms with Crippen LogP contribution < -0.4 is 0 Å². The van der Waals surface area contributed by atoms with Crippen LogP contribution in [0.3, 0.4) is 0 Å². The molecule has 2 aliphatic heterocycles. The van der Waals surface area contributed by atoms with Gasteiger partial charge in [0.15, 0.2) is 0 Å². The first-order chi connectivity index (χ1) is 9.20. The van der Waals surface area contributed by atoms with Gasteiger partial charge >= 0.3 is 0 Å². The van der Waals surface area contributed by atoms with Crippen molar-refractivity contribution < 1.29 is 9.59 Å². The fourth-order valence-corrected chi connectivity index (χ4v) is 2.86. The minimum absolute atomic E-state index is 0.229. The first kappa shape index (κ1) is 14.3. The van der Waals surface area contributed by atoms with Gasteiger partial charge in [-0.1, -0.05) is 6.92 Å². The molecule has 5 heteroatoms. The number of hydrogen-bond acceptors (Lipinski definition) is 3. The van der Waals surface area contributed by atoms with E-state index in [1.165, 1.54) is 0 Å². The maximum absolute atomic E-state index is 12.1. The summed E-state index contributed by atoms with van der Waals surface area (Å²) in [4.78, 5) is 29.9. The minimum atomic E-state index is 0.229. The molecule has 19 heavy (non-hydrogen) atoms. The molecule has 2 saturated heterocycles. The Bertz CT molecular complexity index is 327. The summed E-state index contributed by atoms with van der Waals surface area (Å²) in [5.41, 5.74) is 0. The Hall–Kier alpha value is -1.10. The third kappa shape index (κ3) is 3.93. The van der Waals surface area contributed by atoms with Crippen LogP contribution in [0.1, 0.15) is 32.6 Å². The molecule has 0 aromatic carbocycles. The van der Waals surface area contributed by atoms with E-state index in [2.05, 4.69) is 4.90 Å². The van der Waals surface area contributed by atoms with E-state index < -0.39 is 0 Å². The Balaban J connectivity index is 1.79. The molecule has 0 spiro atoms. The van der Waals surface area contributed by atoms with E-state index in [9.17, 15) is 9.59 Å². The van der Waals surface area contributed by atoms with Crippen molar-refractivity contribution in [3.63, 3.8) is 0 Å². The summed E-state index contributed by atoms with van der Waals surface area (Å²) in [6, 6.07) is 0. The van der Waals surface area contributed by atoms with Crippen molar-refractivity contribution in [1.82, 2.24) is 14.7 Å². The normalized spacial score (nSPS) is 21.5. The van der Waals surface area contributed by atoms with Gasteiger partial charge < -0.3 is 9.80 Å². The lowest BCUT2D eigenvalue weighted by Gasteiger charge is -2.23. The quantitative estimate of drug-likeness (QED) is 0.750. The van der Waals surface area contributed by atoms with Crippen LogP contribution in [-0.2, 0) is 9.59 Å². The van der Waals surface area contributed by atoms with Crippen LogP contribution in [0.15, 0.2) is 0 Å². The zero-order valence-electron chi connectivity index (χ0n) is 11.9. The van der Waals surface area contributed by atoms with Gasteiger partial charge in [-0.3, -0.25) is 14.5 Å². The molecule has 0 aromatic rings. The summed E-state index contributed by atoms with van der Waals surface area (Å²) in [5, 5.41) is 0. The molecule has 0 unspecified atom stereocenters. The average molecular weight is 267 g/mol. The molecule has 0 bridgehead atoms. The number of amides is 2. The van der Waals surface area contributed by atoms with Gasteiger partial charge in [-0.2, -0.15) is 0 Å². The highest BCUT2D eigenvalue weighted by molar-refractivity contribution is 5.78. The van der Waals surface area contributed by atoms with Crippen molar-refractivity contribution in [2.75, 3.05) is 45.8 Å². The summed E-state index contributed by atoms with van der Waals surface area (Å²) in [6.45, 7) is 7.62. The van der Waals surface area contributed by atoms with Gasteiger partial charge in [0, 0.05) is 45.7 Å². The maximum atomic E-state index is 12.1. The summed E-state index contributed by atoms with van der Waals surface area (Å²) < 4.78 is 0. The highest BCUT2D eigenvalue weighted by Crippen LogP contribution is 2.10. The van der Waals surface area contributed by atoms with Gasteiger partial charge in [-0.15, -0.1) is 0 Å². The van der Waals surface area contributed by atoms with Crippen LogP contribution in [0, 0.1) is 0 Å². The molecule has 0 N–H and O–H groups in total. The lowest BCUT2D eigenvalue weighted by molar-refractivity contribution is -0.131. The smallest absolute Gasteiger partial charge is 0.236 e. The van der Waals surface area contributed by atoms with Crippen LogP contribution >= 0.6 is 0 Å². The molecule has 0 radical (unpaired) electrons. The van der Waals surface area contributed by atoms with E-state index in [1.54, 1.807) is 0 Å². The number of hydrogen-bond donors (Lipinski definition) is 0. The van der Waals surface area contributed by atoms with E-state index in [0.29, 0.717) is 13.0 Å². The second-order valence-corrected chi connectivity index (χ2v) is 5.45. The van der Waals surface area contributed by atoms with E-state index in [4.69, 9.17) is 0 Å². The maximum Gasteiger partial charge on any atom is 0.236 e. The predicted molar refractivity (Wildman–Crippen MR) is 73.7 cm³/mol. The van der Waals surface area contributed by atoms with Gasteiger partial charge in [-0.05, 0) is 19.3 Å². The lowest BCUT2D eigenvalue weighted by Crippen LogP contribution is -2.41. The minimum Gasteiger partial charge on any atom is -0.342 e. The average Bonchev–Trinajstić information content (AvgIpc) is 2.86. The second kappa shape index (κ2) is 6.89. The summed E-state index contributed by atoms with van der Waals surface area (Å²) in [7, 11) is 0. The Morgan fingerprint density at radius 3 is 2.11 bits per heavy atom. The van der Waals surface area contributed by atoms with Crippen LogP contribution in [0.25, 0.3) is 0 Å². The topological polar surface area (TPSA) is 43.9 Å². The molecule has 0 saturated carbocycles. The standard InChI is InChI=1S/C14H25N3O2/c1-2-13(18)17-9-5-6-15(10-11-17)12-14(19)16-7-3-4-8-16/h2-12H2,1H3. The Labute approximate surface area is 115 Å². The van der Waals surface area contributed by atoms with Crippen LogP contribution in [0.2, 0.25) is 0 Å². The monoisotopic (exact) mass is 267 g/mol. The summed E-state index contributed by atoms with van der Waals surface area (Å²) in [5.74, 6) is 0.487. The highest BCUT2D eigenvalue weighted by atomic mass is 16.2. The number of carbonyl (C=O) groups excluding carboxylic acids is 2.